The first-order valence-corrected chi connectivity index (χ1v) is 7.68. The summed E-state index contributed by atoms with van der Waals surface area (Å²) in [6.07, 6.45) is 3.16. The molecule has 0 unspecified atom stereocenters. The van der Waals surface area contributed by atoms with Crippen LogP contribution in [-0.4, -0.2) is 18.0 Å². The number of nitro benzene ring substituents is 1. The Kier molecular flexibility index (Phi) is 4.29. The average molecular weight is 325 g/mol. The van der Waals surface area contributed by atoms with Crippen molar-refractivity contribution in [2.24, 2.45) is 0 Å². The van der Waals surface area contributed by atoms with E-state index in [1.807, 2.05) is 11.0 Å². The second-order valence-corrected chi connectivity index (χ2v) is 5.62. The van der Waals surface area contributed by atoms with Gasteiger partial charge in [-0.25, -0.2) is 4.79 Å². The quantitative estimate of drug-likeness (QED) is 0.635. The predicted octanol–water partition coefficient (Wildman–Crippen LogP) is 3.08. The Morgan fingerprint density at radius 1 is 1.17 bits per heavy atom. The Balaban J connectivity index is 2.06. The highest BCUT2D eigenvalue weighted by molar-refractivity contribution is 5.68. The molecule has 7 nitrogen and oxygen atoms in total. The lowest BCUT2D eigenvalue weighted by Gasteiger charge is -2.29. The van der Waals surface area contributed by atoms with Crippen molar-refractivity contribution in [1.82, 2.24) is 0 Å². The van der Waals surface area contributed by atoms with Gasteiger partial charge in [-0.1, -0.05) is 0 Å². The van der Waals surface area contributed by atoms with Crippen molar-refractivity contribution in [1.29, 1.82) is 5.26 Å². The van der Waals surface area contributed by atoms with Crippen LogP contribution in [0.4, 0.5) is 11.4 Å². The number of piperidine rings is 1. The lowest BCUT2D eigenvalue weighted by atomic mass is 10.1. The first kappa shape index (κ1) is 15.7. The molecule has 1 aromatic heterocycles. The minimum absolute atomic E-state index is 0.00237. The molecule has 2 aromatic rings. The molecule has 2 heterocycles. The summed E-state index contributed by atoms with van der Waals surface area (Å²) >= 11 is 0. The van der Waals surface area contributed by atoms with E-state index in [4.69, 9.17) is 4.42 Å². The number of nitriles is 1. The van der Waals surface area contributed by atoms with Crippen LogP contribution in [0.15, 0.2) is 39.5 Å². The number of benzene rings is 1. The third kappa shape index (κ3) is 2.99. The molecule has 1 aromatic carbocycles. The molecule has 0 spiro atoms. The number of nitro groups is 1. The second-order valence-electron chi connectivity index (χ2n) is 5.62. The molecule has 1 aliphatic heterocycles. The number of non-ortho nitro benzene ring substituents is 1. The van der Waals surface area contributed by atoms with Crippen LogP contribution in [0.5, 0.6) is 0 Å². The van der Waals surface area contributed by atoms with Crippen LogP contribution < -0.4 is 10.5 Å². The maximum absolute atomic E-state index is 12.2. The van der Waals surface area contributed by atoms with E-state index in [1.165, 1.54) is 24.3 Å². The third-order valence-electron chi connectivity index (χ3n) is 4.10. The van der Waals surface area contributed by atoms with Gasteiger partial charge in [0, 0.05) is 36.9 Å². The largest absolute Gasteiger partial charge is 0.422 e. The molecular formula is C17H15N3O4. The molecule has 1 fully saturated rings. The molecule has 0 N–H and O–H groups in total. The van der Waals surface area contributed by atoms with Gasteiger partial charge in [-0.05, 0) is 31.4 Å². The maximum atomic E-state index is 12.2. The Bertz CT molecular complexity index is 859. The van der Waals surface area contributed by atoms with Crippen molar-refractivity contribution >= 4 is 11.4 Å². The van der Waals surface area contributed by atoms with E-state index < -0.39 is 10.5 Å². The van der Waals surface area contributed by atoms with E-state index in [9.17, 15) is 20.2 Å². The summed E-state index contributed by atoms with van der Waals surface area (Å²) in [6, 6.07) is 9.37. The summed E-state index contributed by atoms with van der Waals surface area (Å²) in [4.78, 5) is 24.4. The van der Waals surface area contributed by atoms with Gasteiger partial charge >= 0.3 is 5.63 Å². The van der Waals surface area contributed by atoms with Crippen LogP contribution in [0.2, 0.25) is 0 Å². The zero-order chi connectivity index (χ0) is 17.1. The van der Waals surface area contributed by atoms with Crippen molar-refractivity contribution in [3.8, 4) is 17.4 Å². The van der Waals surface area contributed by atoms with Crippen LogP contribution in [0, 0.1) is 21.4 Å². The van der Waals surface area contributed by atoms with Crippen LogP contribution in [0.1, 0.15) is 24.8 Å². The molecule has 0 aliphatic carbocycles. The average Bonchev–Trinajstić information content (AvgIpc) is 2.62. The van der Waals surface area contributed by atoms with Crippen LogP contribution >= 0.6 is 0 Å². The molecule has 0 amide bonds. The van der Waals surface area contributed by atoms with Gasteiger partial charge in [-0.3, -0.25) is 10.1 Å². The van der Waals surface area contributed by atoms with Crippen LogP contribution in [-0.2, 0) is 0 Å². The molecule has 122 valence electrons. The van der Waals surface area contributed by atoms with Gasteiger partial charge in [0.15, 0.2) is 5.56 Å². The van der Waals surface area contributed by atoms with Crippen molar-refractivity contribution in [3.63, 3.8) is 0 Å². The predicted molar refractivity (Wildman–Crippen MR) is 87.8 cm³/mol. The van der Waals surface area contributed by atoms with Crippen LogP contribution in [0.25, 0.3) is 11.3 Å². The second kappa shape index (κ2) is 6.54. The van der Waals surface area contributed by atoms with Crippen molar-refractivity contribution in [3.05, 3.63) is 56.4 Å². The summed E-state index contributed by atoms with van der Waals surface area (Å²) in [6.45, 7) is 1.58. The minimum atomic E-state index is -0.686. The van der Waals surface area contributed by atoms with Gasteiger partial charge in [0.2, 0.25) is 0 Å². The molecule has 0 radical (unpaired) electrons. The SMILES string of the molecule is N#Cc1c(N2CCCCC2)cc(-c2ccc([N+](=O)[O-])cc2)oc1=O. The van der Waals surface area contributed by atoms with Gasteiger partial charge in [-0.2, -0.15) is 5.26 Å². The van der Waals surface area contributed by atoms with Gasteiger partial charge in [0.25, 0.3) is 5.69 Å². The molecule has 3 rings (SSSR count). The summed E-state index contributed by atoms with van der Waals surface area (Å²) in [5.74, 6) is 0.300. The summed E-state index contributed by atoms with van der Waals surface area (Å²) in [5.41, 5.74) is 0.407. The number of rotatable bonds is 3. The monoisotopic (exact) mass is 325 g/mol. The van der Waals surface area contributed by atoms with Gasteiger partial charge in [-0.15, -0.1) is 0 Å². The summed E-state index contributed by atoms with van der Waals surface area (Å²) < 4.78 is 5.24. The highest BCUT2D eigenvalue weighted by atomic mass is 16.6. The first-order valence-electron chi connectivity index (χ1n) is 7.68. The van der Waals surface area contributed by atoms with E-state index in [0.29, 0.717) is 17.0 Å². The van der Waals surface area contributed by atoms with Crippen molar-refractivity contribution in [2.75, 3.05) is 18.0 Å². The summed E-state index contributed by atoms with van der Waals surface area (Å²) in [5, 5.41) is 20.0. The molecule has 0 bridgehead atoms. The Labute approximate surface area is 137 Å². The molecule has 7 heteroatoms. The maximum Gasteiger partial charge on any atom is 0.356 e. The zero-order valence-corrected chi connectivity index (χ0v) is 12.9. The van der Waals surface area contributed by atoms with E-state index in [0.717, 1.165) is 32.4 Å². The minimum Gasteiger partial charge on any atom is -0.422 e. The number of hydrogen-bond acceptors (Lipinski definition) is 6. The Hall–Kier alpha value is -3.14. The molecule has 1 saturated heterocycles. The lowest BCUT2D eigenvalue weighted by molar-refractivity contribution is -0.384. The highest BCUT2D eigenvalue weighted by Crippen LogP contribution is 2.28. The molecule has 0 saturated carbocycles. The topological polar surface area (TPSA) is 100 Å². The molecular weight excluding hydrogens is 310 g/mol. The fourth-order valence-corrected chi connectivity index (χ4v) is 2.86. The van der Waals surface area contributed by atoms with Gasteiger partial charge in [0.05, 0.1) is 10.6 Å². The number of anilines is 1. The molecule has 24 heavy (non-hydrogen) atoms. The highest BCUT2D eigenvalue weighted by Gasteiger charge is 2.20. The smallest absolute Gasteiger partial charge is 0.356 e. The fraction of sp³-hybridized carbons (Fsp3) is 0.294. The third-order valence-corrected chi connectivity index (χ3v) is 4.10. The van der Waals surface area contributed by atoms with Gasteiger partial charge in [0.1, 0.15) is 11.8 Å². The molecule has 0 atom stereocenters. The fourth-order valence-electron chi connectivity index (χ4n) is 2.86. The number of nitrogens with zero attached hydrogens (tertiary/aromatic N) is 3. The van der Waals surface area contributed by atoms with Crippen LogP contribution in [0.3, 0.4) is 0 Å². The Morgan fingerprint density at radius 2 is 1.83 bits per heavy atom. The normalized spacial score (nSPS) is 14.2. The van der Waals surface area contributed by atoms with Gasteiger partial charge < -0.3 is 9.32 Å². The molecule has 1 aliphatic rings. The summed E-state index contributed by atoms with van der Waals surface area (Å²) in [7, 11) is 0. The lowest BCUT2D eigenvalue weighted by Crippen LogP contribution is -2.31. The van der Waals surface area contributed by atoms with Crippen molar-refractivity contribution in [2.45, 2.75) is 19.3 Å². The standard InChI is InChI=1S/C17H15N3O4/c18-11-14-15(19-8-2-1-3-9-19)10-16(24-17(14)21)12-4-6-13(7-5-12)20(22)23/h4-7,10H,1-3,8-9H2. The van der Waals surface area contributed by atoms with E-state index in [1.54, 1.807) is 6.07 Å². The number of hydrogen-bond donors (Lipinski definition) is 0. The van der Waals surface area contributed by atoms with Crippen molar-refractivity contribution < 1.29 is 9.34 Å². The Morgan fingerprint density at radius 3 is 2.42 bits per heavy atom. The zero-order valence-electron chi connectivity index (χ0n) is 12.9. The van der Waals surface area contributed by atoms with E-state index in [2.05, 4.69) is 0 Å². The first-order chi connectivity index (χ1) is 11.6. The van der Waals surface area contributed by atoms with E-state index >= 15 is 0 Å². The van der Waals surface area contributed by atoms with E-state index in [-0.39, 0.29) is 11.3 Å².